The highest BCUT2D eigenvalue weighted by Gasteiger charge is 2.12. The molecular weight excluding hydrogens is 469 g/mol. The van der Waals surface area contributed by atoms with Gasteiger partial charge < -0.3 is 19.7 Å². The molecule has 0 radical (unpaired) electrons. The third-order valence-corrected chi connectivity index (χ3v) is 5.87. The number of rotatable bonds is 6. The second kappa shape index (κ2) is 12.9. The van der Waals surface area contributed by atoms with Gasteiger partial charge >= 0.3 is 0 Å². The van der Waals surface area contributed by atoms with Gasteiger partial charge in [0.05, 0.1) is 31.1 Å². The Morgan fingerprint density at radius 3 is 2.49 bits per heavy atom. The summed E-state index contributed by atoms with van der Waals surface area (Å²) in [6.45, 7) is 4.02. The largest absolute Gasteiger partial charge is 0.497 e. The van der Waals surface area contributed by atoms with Crippen LogP contribution < -0.4 is 10.1 Å². The molecule has 1 saturated heterocycles. The van der Waals surface area contributed by atoms with E-state index < -0.39 is 5.82 Å². The van der Waals surface area contributed by atoms with Gasteiger partial charge in [0.25, 0.3) is 0 Å². The standard InChI is InChI=1S/C20H17FN4O2S.C5H11NO/c1-27-14-4-6-17(21)16(8-14)13-9-23-20(24-10-13)25-18-7-12(11-26)3-5-15(18)19(22)28-2;1-6-2-4-7-5-3-6/h3-11,22H,1-2H3,(H,23,24,25);2-5H2,1H3. The van der Waals surface area contributed by atoms with Crippen LogP contribution in [0.2, 0.25) is 0 Å². The van der Waals surface area contributed by atoms with E-state index in [0.717, 1.165) is 32.6 Å². The monoisotopic (exact) mass is 497 g/mol. The molecule has 1 fully saturated rings. The molecule has 0 spiro atoms. The molecular formula is C25H28FN5O3S. The van der Waals surface area contributed by atoms with Crippen LogP contribution in [0.5, 0.6) is 5.75 Å². The summed E-state index contributed by atoms with van der Waals surface area (Å²) >= 11 is 1.28. The maximum Gasteiger partial charge on any atom is 0.227 e. The topological polar surface area (TPSA) is 100 Å². The van der Waals surface area contributed by atoms with Gasteiger partial charge in [-0.3, -0.25) is 10.2 Å². The first-order valence-electron chi connectivity index (χ1n) is 10.9. The van der Waals surface area contributed by atoms with Crippen molar-refractivity contribution < 1.29 is 18.7 Å². The third-order valence-electron chi connectivity index (χ3n) is 5.25. The summed E-state index contributed by atoms with van der Waals surface area (Å²) in [7, 11) is 3.63. The normalized spacial score (nSPS) is 13.4. The molecule has 0 aliphatic carbocycles. The summed E-state index contributed by atoms with van der Waals surface area (Å²) in [5, 5.41) is 11.4. The van der Waals surface area contributed by atoms with Gasteiger partial charge in [0.1, 0.15) is 17.9 Å². The van der Waals surface area contributed by atoms with Gasteiger partial charge in [-0.05, 0) is 43.6 Å². The van der Waals surface area contributed by atoms with Crippen molar-refractivity contribution in [1.29, 1.82) is 5.41 Å². The molecule has 3 aromatic rings. The van der Waals surface area contributed by atoms with E-state index in [1.165, 1.54) is 43.4 Å². The molecule has 0 atom stereocenters. The van der Waals surface area contributed by atoms with Gasteiger partial charge in [0.2, 0.25) is 5.95 Å². The number of methoxy groups -OCH3 is 1. The number of nitrogens with zero attached hydrogens (tertiary/aromatic N) is 3. The number of nitrogens with one attached hydrogen (secondary N) is 2. The fourth-order valence-corrected chi connectivity index (χ4v) is 3.60. The fourth-order valence-electron chi connectivity index (χ4n) is 3.21. The Hall–Kier alpha value is -3.34. The SMILES string of the molecule is CN1CCOCC1.COc1ccc(F)c(-c2cnc(Nc3cc(C=O)ccc3C(=N)SC)nc2)c1. The van der Waals surface area contributed by atoms with Crippen LogP contribution in [0.15, 0.2) is 48.8 Å². The van der Waals surface area contributed by atoms with E-state index in [9.17, 15) is 9.18 Å². The summed E-state index contributed by atoms with van der Waals surface area (Å²) in [6.07, 6.45) is 5.52. The summed E-state index contributed by atoms with van der Waals surface area (Å²) in [6, 6.07) is 9.42. The molecule has 2 heterocycles. The molecule has 10 heteroatoms. The first kappa shape index (κ1) is 26.3. The van der Waals surface area contributed by atoms with Crippen LogP contribution >= 0.6 is 11.8 Å². The van der Waals surface area contributed by atoms with Gasteiger partial charge in [0.15, 0.2) is 0 Å². The number of carbonyl (C=O) groups excluding carboxylic acids is 1. The number of likely N-dealkylation sites (N-methyl/N-ethyl adjacent to an activating group) is 1. The molecule has 1 aliphatic heterocycles. The van der Waals surface area contributed by atoms with Crippen LogP contribution in [0.3, 0.4) is 0 Å². The average Bonchev–Trinajstić information content (AvgIpc) is 2.90. The first-order chi connectivity index (χ1) is 16.9. The van der Waals surface area contributed by atoms with E-state index in [1.807, 2.05) is 0 Å². The number of halogens is 1. The summed E-state index contributed by atoms with van der Waals surface area (Å²) in [4.78, 5) is 21.8. The minimum absolute atomic E-state index is 0.269. The van der Waals surface area contributed by atoms with E-state index in [4.69, 9.17) is 14.9 Å². The van der Waals surface area contributed by atoms with Crippen molar-refractivity contribution in [2.75, 3.05) is 52.0 Å². The van der Waals surface area contributed by atoms with Crippen LogP contribution in [0.1, 0.15) is 15.9 Å². The van der Waals surface area contributed by atoms with Crippen molar-refractivity contribution >= 4 is 34.7 Å². The Morgan fingerprint density at radius 2 is 1.91 bits per heavy atom. The summed E-state index contributed by atoms with van der Waals surface area (Å²) in [5.74, 6) is 0.397. The molecule has 1 aliphatic rings. The first-order valence-corrected chi connectivity index (χ1v) is 12.1. The lowest BCUT2D eigenvalue weighted by molar-refractivity contribution is 0.0503. The lowest BCUT2D eigenvalue weighted by Crippen LogP contribution is -2.32. The molecule has 1 aromatic heterocycles. The fraction of sp³-hybridized carbons (Fsp3) is 0.280. The number of ether oxygens (including phenoxy) is 2. The summed E-state index contributed by atoms with van der Waals surface area (Å²) in [5.41, 5.74) is 2.48. The van der Waals surface area contributed by atoms with E-state index >= 15 is 0 Å². The Balaban J connectivity index is 0.000000420. The van der Waals surface area contributed by atoms with Crippen molar-refractivity contribution in [2.24, 2.45) is 0 Å². The van der Waals surface area contributed by atoms with Crippen molar-refractivity contribution in [3.63, 3.8) is 0 Å². The Bertz CT molecular complexity index is 1150. The third kappa shape index (κ3) is 7.32. The van der Waals surface area contributed by atoms with Crippen molar-refractivity contribution in [2.45, 2.75) is 0 Å². The summed E-state index contributed by atoms with van der Waals surface area (Å²) < 4.78 is 24.3. The number of hydrogen-bond acceptors (Lipinski definition) is 9. The second-order valence-electron chi connectivity index (χ2n) is 7.64. The highest BCUT2D eigenvalue weighted by molar-refractivity contribution is 8.13. The van der Waals surface area contributed by atoms with Crippen LogP contribution in [0, 0.1) is 11.2 Å². The lowest BCUT2D eigenvalue weighted by Gasteiger charge is -2.21. The van der Waals surface area contributed by atoms with Gasteiger partial charge in [-0.1, -0.05) is 6.07 Å². The molecule has 0 saturated carbocycles. The number of carbonyl (C=O) groups is 1. The minimum atomic E-state index is -0.403. The highest BCUT2D eigenvalue weighted by Crippen LogP contribution is 2.28. The van der Waals surface area contributed by atoms with Crippen molar-refractivity contribution in [1.82, 2.24) is 14.9 Å². The Labute approximate surface area is 208 Å². The molecule has 35 heavy (non-hydrogen) atoms. The predicted molar refractivity (Wildman–Crippen MR) is 138 cm³/mol. The number of aromatic nitrogens is 2. The number of thioether (sulfide) groups is 1. The number of morpholine rings is 1. The molecule has 2 aromatic carbocycles. The zero-order chi connectivity index (χ0) is 25.2. The zero-order valence-corrected chi connectivity index (χ0v) is 20.7. The van der Waals surface area contributed by atoms with Crippen LogP contribution in [0.4, 0.5) is 16.0 Å². The van der Waals surface area contributed by atoms with Crippen LogP contribution in [-0.4, -0.2) is 72.9 Å². The number of aldehydes is 1. The maximum absolute atomic E-state index is 14.1. The Morgan fingerprint density at radius 1 is 1.20 bits per heavy atom. The number of hydrogen-bond donors (Lipinski definition) is 2. The quantitative estimate of drug-likeness (QED) is 0.292. The molecule has 184 valence electrons. The van der Waals surface area contributed by atoms with Crippen LogP contribution in [-0.2, 0) is 4.74 Å². The van der Waals surface area contributed by atoms with Crippen LogP contribution in [0.25, 0.3) is 11.1 Å². The number of benzene rings is 2. The molecule has 8 nitrogen and oxygen atoms in total. The highest BCUT2D eigenvalue weighted by atomic mass is 32.2. The second-order valence-corrected chi connectivity index (χ2v) is 8.45. The van der Waals surface area contributed by atoms with Crippen molar-refractivity contribution in [3.05, 3.63) is 65.7 Å². The lowest BCUT2D eigenvalue weighted by atomic mass is 10.1. The predicted octanol–water partition coefficient (Wildman–Crippen LogP) is 4.48. The Kier molecular flexibility index (Phi) is 9.71. The van der Waals surface area contributed by atoms with E-state index in [1.54, 1.807) is 30.5 Å². The molecule has 4 rings (SSSR count). The molecule has 2 N–H and O–H groups in total. The van der Waals surface area contributed by atoms with E-state index in [-0.39, 0.29) is 5.95 Å². The van der Waals surface area contributed by atoms with E-state index in [0.29, 0.717) is 38.7 Å². The van der Waals surface area contributed by atoms with Gasteiger partial charge in [-0.15, -0.1) is 11.8 Å². The van der Waals surface area contributed by atoms with Crippen molar-refractivity contribution in [3.8, 4) is 16.9 Å². The smallest absolute Gasteiger partial charge is 0.227 e. The minimum Gasteiger partial charge on any atom is -0.497 e. The van der Waals surface area contributed by atoms with Gasteiger partial charge in [0, 0.05) is 47.7 Å². The average molecular weight is 498 g/mol. The molecule has 0 unspecified atom stereocenters. The van der Waals surface area contributed by atoms with E-state index in [2.05, 4.69) is 27.2 Å². The molecule has 0 amide bonds. The number of anilines is 2. The van der Waals surface area contributed by atoms with Gasteiger partial charge in [-0.25, -0.2) is 14.4 Å². The zero-order valence-electron chi connectivity index (χ0n) is 19.9. The molecule has 0 bridgehead atoms. The maximum atomic E-state index is 14.1. The van der Waals surface area contributed by atoms with Gasteiger partial charge in [-0.2, -0.15) is 0 Å².